The minimum atomic E-state index is -0.355. The molecule has 1 atom stereocenters. The Morgan fingerprint density at radius 2 is 2.00 bits per heavy atom. The molecule has 1 heterocycles. The van der Waals surface area contributed by atoms with Gasteiger partial charge in [-0.15, -0.1) is 0 Å². The molecule has 2 aromatic rings. The Morgan fingerprint density at radius 1 is 1.22 bits per heavy atom. The molecule has 1 saturated heterocycles. The Bertz CT molecular complexity index is 779. The lowest BCUT2D eigenvalue weighted by Gasteiger charge is -2.26. The Morgan fingerprint density at radius 3 is 2.67 bits per heavy atom. The highest BCUT2D eigenvalue weighted by molar-refractivity contribution is 6.35. The van der Waals surface area contributed by atoms with Gasteiger partial charge in [-0.2, -0.15) is 0 Å². The number of benzene rings is 2. The van der Waals surface area contributed by atoms with E-state index in [0.29, 0.717) is 35.5 Å². The monoisotopic (exact) mass is 411 g/mol. The standard InChI is InChI=1S/C20H20Cl2FNO3/c21-15-4-3-14(19(22)10-15)11-24(12-18-2-1-9-26-18)20(25)13-27-17-7-5-16(23)6-8-17/h3-8,10,18H,1-2,9,11-13H2/t18-/m1/s1. The highest BCUT2D eigenvalue weighted by Crippen LogP contribution is 2.23. The first kappa shape index (κ1) is 19.9. The van der Waals surface area contributed by atoms with Gasteiger partial charge in [0.2, 0.25) is 0 Å². The Kier molecular flexibility index (Phi) is 6.94. The molecule has 1 amide bonds. The van der Waals surface area contributed by atoms with Gasteiger partial charge in [0.15, 0.2) is 6.61 Å². The van der Waals surface area contributed by atoms with Crippen molar-refractivity contribution in [2.45, 2.75) is 25.5 Å². The zero-order chi connectivity index (χ0) is 19.2. The second-order valence-corrected chi connectivity index (χ2v) is 7.23. The molecule has 1 fully saturated rings. The Balaban J connectivity index is 1.67. The number of hydrogen-bond donors (Lipinski definition) is 0. The van der Waals surface area contributed by atoms with Gasteiger partial charge in [0.25, 0.3) is 5.91 Å². The summed E-state index contributed by atoms with van der Waals surface area (Å²) in [5.41, 5.74) is 0.800. The lowest BCUT2D eigenvalue weighted by Crippen LogP contribution is -2.39. The molecule has 0 aliphatic carbocycles. The highest BCUT2D eigenvalue weighted by Gasteiger charge is 2.23. The molecule has 2 aromatic carbocycles. The van der Waals surface area contributed by atoms with E-state index in [1.807, 2.05) is 0 Å². The van der Waals surface area contributed by atoms with Crippen LogP contribution in [-0.4, -0.2) is 36.7 Å². The Hall–Kier alpha value is -1.82. The van der Waals surface area contributed by atoms with E-state index < -0.39 is 0 Å². The topological polar surface area (TPSA) is 38.8 Å². The van der Waals surface area contributed by atoms with Gasteiger partial charge in [0.05, 0.1) is 6.10 Å². The number of ether oxygens (including phenoxy) is 2. The van der Waals surface area contributed by atoms with Crippen molar-refractivity contribution in [3.8, 4) is 5.75 Å². The van der Waals surface area contributed by atoms with Crippen LogP contribution in [0.5, 0.6) is 5.75 Å². The lowest BCUT2D eigenvalue weighted by atomic mass is 10.1. The Labute approximate surface area is 167 Å². The summed E-state index contributed by atoms with van der Waals surface area (Å²) >= 11 is 12.2. The van der Waals surface area contributed by atoms with Gasteiger partial charge in [-0.05, 0) is 54.8 Å². The van der Waals surface area contributed by atoms with E-state index in [2.05, 4.69) is 0 Å². The fourth-order valence-corrected chi connectivity index (χ4v) is 3.38. The fraction of sp³-hybridized carbons (Fsp3) is 0.350. The van der Waals surface area contributed by atoms with Gasteiger partial charge >= 0.3 is 0 Å². The third-order valence-corrected chi connectivity index (χ3v) is 4.94. The van der Waals surface area contributed by atoms with Crippen molar-refractivity contribution in [3.63, 3.8) is 0 Å². The van der Waals surface area contributed by atoms with Crippen LogP contribution in [0.25, 0.3) is 0 Å². The summed E-state index contributed by atoms with van der Waals surface area (Å²) < 4.78 is 24.2. The molecule has 144 valence electrons. The molecular formula is C20H20Cl2FNO3. The van der Waals surface area contributed by atoms with Gasteiger partial charge in [0.1, 0.15) is 11.6 Å². The molecule has 1 aliphatic heterocycles. The molecule has 0 unspecified atom stereocenters. The van der Waals surface area contributed by atoms with Crippen molar-refractivity contribution in [2.24, 2.45) is 0 Å². The minimum absolute atomic E-state index is 0.00541. The molecule has 27 heavy (non-hydrogen) atoms. The average Bonchev–Trinajstić information content (AvgIpc) is 3.15. The van der Waals surface area contributed by atoms with Crippen LogP contribution in [0.1, 0.15) is 18.4 Å². The molecule has 0 aromatic heterocycles. The van der Waals surface area contributed by atoms with Crippen LogP contribution >= 0.6 is 23.2 Å². The van der Waals surface area contributed by atoms with E-state index in [9.17, 15) is 9.18 Å². The molecule has 0 bridgehead atoms. The molecule has 0 spiro atoms. The van der Waals surface area contributed by atoms with Crippen LogP contribution in [0, 0.1) is 5.82 Å². The largest absolute Gasteiger partial charge is 0.484 e. The molecular weight excluding hydrogens is 392 g/mol. The smallest absolute Gasteiger partial charge is 0.260 e. The molecule has 3 rings (SSSR count). The summed E-state index contributed by atoms with van der Waals surface area (Å²) in [5.74, 6) is -0.113. The predicted octanol–water partition coefficient (Wildman–Crippen LogP) is 4.72. The molecule has 7 heteroatoms. The number of halogens is 3. The third-order valence-electron chi connectivity index (χ3n) is 4.35. The van der Waals surface area contributed by atoms with Crippen molar-refractivity contribution in [1.29, 1.82) is 0 Å². The van der Waals surface area contributed by atoms with Crippen LogP contribution in [0.3, 0.4) is 0 Å². The molecule has 1 aliphatic rings. The van der Waals surface area contributed by atoms with Crippen molar-refractivity contribution in [3.05, 3.63) is 63.9 Å². The van der Waals surface area contributed by atoms with Crippen molar-refractivity contribution >= 4 is 29.1 Å². The van der Waals surface area contributed by atoms with Gasteiger partial charge in [-0.25, -0.2) is 4.39 Å². The van der Waals surface area contributed by atoms with Crippen LogP contribution in [-0.2, 0) is 16.1 Å². The molecule has 4 nitrogen and oxygen atoms in total. The molecule has 0 N–H and O–H groups in total. The van der Waals surface area contributed by atoms with Crippen molar-refractivity contribution in [2.75, 3.05) is 19.8 Å². The van der Waals surface area contributed by atoms with Gasteiger partial charge in [0, 0.05) is 29.7 Å². The van der Waals surface area contributed by atoms with E-state index in [1.54, 1.807) is 23.1 Å². The highest BCUT2D eigenvalue weighted by atomic mass is 35.5. The number of rotatable bonds is 7. The van der Waals surface area contributed by atoms with Crippen molar-refractivity contribution in [1.82, 2.24) is 4.90 Å². The van der Waals surface area contributed by atoms with Crippen LogP contribution in [0.15, 0.2) is 42.5 Å². The third kappa shape index (κ3) is 5.83. The SMILES string of the molecule is O=C(COc1ccc(F)cc1)N(Cc1ccc(Cl)cc1Cl)C[C@H]1CCCO1. The van der Waals surface area contributed by atoms with E-state index in [1.165, 1.54) is 24.3 Å². The van der Waals surface area contributed by atoms with E-state index >= 15 is 0 Å². The van der Waals surface area contributed by atoms with Crippen LogP contribution < -0.4 is 4.74 Å². The fourth-order valence-electron chi connectivity index (χ4n) is 2.91. The second kappa shape index (κ2) is 9.40. The van der Waals surface area contributed by atoms with E-state index in [4.69, 9.17) is 32.7 Å². The molecule has 0 saturated carbocycles. The number of carbonyl (C=O) groups is 1. The maximum Gasteiger partial charge on any atom is 0.260 e. The summed E-state index contributed by atoms with van der Waals surface area (Å²) in [7, 11) is 0. The first-order valence-electron chi connectivity index (χ1n) is 8.73. The zero-order valence-electron chi connectivity index (χ0n) is 14.7. The predicted molar refractivity (Wildman–Crippen MR) is 103 cm³/mol. The van der Waals surface area contributed by atoms with Gasteiger partial charge in [-0.1, -0.05) is 29.3 Å². The number of carbonyl (C=O) groups excluding carboxylic acids is 1. The normalized spacial score (nSPS) is 16.3. The number of nitrogens with zero attached hydrogens (tertiary/aromatic N) is 1. The quantitative estimate of drug-likeness (QED) is 0.661. The van der Waals surface area contributed by atoms with E-state index in [-0.39, 0.29) is 24.4 Å². The summed E-state index contributed by atoms with van der Waals surface area (Å²) in [4.78, 5) is 14.4. The van der Waals surface area contributed by atoms with Crippen molar-refractivity contribution < 1.29 is 18.7 Å². The molecule has 0 radical (unpaired) electrons. The van der Waals surface area contributed by atoms with Crippen LogP contribution in [0.4, 0.5) is 4.39 Å². The second-order valence-electron chi connectivity index (χ2n) is 6.39. The lowest BCUT2D eigenvalue weighted by molar-refractivity contribution is -0.135. The number of amides is 1. The first-order valence-corrected chi connectivity index (χ1v) is 9.48. The minimum Gasteiger partial charge on any atom is -0.484 e. The maximum atomic E-state index is 13.0. The summed E-state index contributed by atoms with van der Waals surface area (Å²) in [6.07, 6.45) is 1.91. The summed E-state index contributed by atoms with van der Waals surface area (Å²) in [6, 6.07) is 10.8. The zero-order valence-corrected chi connectivity index (χ0v) is 16.2. The average molecular weight is 412 g/mol. The summed E-state index contributed by atoms with van der Waals surface area (Å²) in [5, 5.41) is 1.05. The van der Waals surface area contributed by atoms with Crippen LogP contribution in [0.2, 0.25) is 10.0 Å². The van der Waals surface area contributed by atoms with Gasteiger partial charge < -0.3 is 14.4 Å². The maximum absolute atomic E-state index is 13.0. The van der Waals surface area contributed by atoms with Gasteiger partial charge in [-0.3, -0.25) is 4.79 Å². The first-order chi connectivity index (χ1) is 13.0. The van der Waals surface area contributed by atoms with E-state index in [0.717, 1.165) is 18.4 Å². The number of hydrogen-bond acceptors (Lipinski definition) is 3. The summed E-state index contributed by atoms with van der Waals surface area (Å²) in [6.45, 7) is 1.36.